The highest BCUT2D eigenvalue weighted by atomic mass is 16.2. The molecule has 1 aromatic rings. The van der Waals surface area contributed by atoms with Crippen molar-refractivity contribution in [2.24, 2.45) is 5.92 Å². The van der Waals surface area contributed by atoms with Gasteiger partial charge in [0.1, 0.15) is 0 Å². The number of nitrogens with zero attached hydrogens (tertiary/aromatic N) is 1. The molecule has 2 rings (SSSR count). The van der Waals surface area contributed by atoms with E-state index in [0.717, 1.165) is 16.8 Å². The van der Waals surface area contributed by atoms with E-state index in [1.807, 2.05) is 51.2 Å². The number of carbonyl (C=O) groups is 1. The first kappa shape index (κ1) is 12.8. The number of nitrogens with one attached hydrogen (secondary N) is 1. The number of hydrogen-bond donors (Lipinski definition) is 1. The topological polar surface area (TPSA) is 32.3 Å². The van der Waals surface area contributed by atoms with Crippen LogP contribution in [0.1, 0.15) is 19.4 Å². The van der Waals surface area contributed by atoms with Crippen LogP contribution in [0, 0.1) is 12.5 Å². The monoisotopic (exact) mass is 242 g/mol. The third kappa shape index (κ3) is 2.46. The van der Waals surface area contributed by atoms with Gasteiger partial charge in [0.05, 0.1) is 6.54 Å². The Balaban J connectivity index is 2.33. The Hall–Kier alpha value is -1.61. The molecule has 18 heavy (non-hydrogen) atoms. The SMILES string of the molecule is CC(C)C(=O)N(C)C1=C(c2ccccc2)[C]NC1. The summed E-state index contributed by atoms with van der Waals surface area (Å²) in [5, 5.41) is 3.08. The summed E-state index contributed by atoms with van der Waals surface area (Å²) < 4.78 is 0. The Bertz CT molecular complexity index is 463. The van der Waals surface area contributed by atoms with Crippen LogP contribution in [-0.4, -0.2) is 24.4 Å². The van der Waals surface area contributed by atoms with Crippen molar-refractivity contribution in [1.29, 1.82) is 0 Å². The van der Waals surface area contributed by atoms with E-state index >= 15 is 0 Å². The van der Waals surface area contributed by atoms with E-state index in [-0.39, 0.29) is 11.8 Å². The highest BCUT2D eigenvalue weighted by Gasteiger charge is 2.24. The second-order valence-corrected chi connectivity index (χ2v) is 4.72. The van der Waals surface area contributed by atoms with E-state index in [0.29, 0.717) is 6.54 Å². The molecule has 0 spiro atoms. The lowest BCUT2D eigenvalue weighted by Crippen LogP contribution is -2.31. The minimum absolute atomic E-state index is 0.000114. The van der Waals surface area contributed by atoms with Gasteiger partial charge in [-0.15, -0.1) is 0 Å². The van der Waals surface area contributed by atoms with Gasteiger partial charge in [-0.25, -0.2) is 0 Å². The van der Waals surface area contributed by atoms with Crippen LogP contribution in [0.5, 0.6) is 0 Å². The van der Waals surface area contributed by atoms with E-state index in [9.17, 15) is 4.79 Å². The van der Waals surface area contributed by atoms with Crippen molar-refractivity contribution in [3.63, 3.8) is 0 Å². The average molecular weight is 242 g/mol. The molecule has 0 bridgehead atoms. The summed E-state index contributed by atoms with van der Waals surface area (Å²) in [6.07, 6.45) is 0. The molecule has 0 aromatic heterocycles. The summed E-state index contributed by atoms with van der Waals surface area (Å²) in [6, 6.07) is 10.0. The minimum atomic E-state index is 0.000114. The maximum atomic E-state index is 12.0. The lowest BCUT2D eigenvalue weighted by molar-refractivity contribution is -0.131. The van der Waals surface area contributed by atoms with Gasteiger partial charge in [-0.1, -0.05) is 44.2 Å². The molecule has 1 N–H and O–H groups in total. The van der Waals surface area contributed by atoms with Crippen LogP contribution in [-0.2, 0) is 4.79 Å². The zero-order chi connectivity index (χ0) is 13.1. The molecular formula is C15H18N2O. The van der Waals surface area contributed by atoms with Crippen molar-refractivity contribution in [1.82, 2.24) is 10.2 Å². The molecule has 0 saturated carbocycles. The molecule has 94 valence electrons. The van der Waals surface area contributed by atoms with Crippen LogP contribution in [0.2, 0.25) is 0 Å². The predicted octanol–water partition coefficient (Wildman–Crippen LogP) is 2.15. The molecule has 1 aliphatic rings. The van der Waals surface area contributed by atoms with E-state index in [4.69, 9.17) is 0 Å². The number of benzene rings is 1. The molecule has 0 atom stereocenters. The van der Waals surface area contributed by atoms with Crippen molar-refractivity contribution in [2.75, 3.05) is 13.6 Å². The van der Waals surface area contributed by atoms with Gasteiger partial charge < -0.3 is 4.90 Å². The fraction of sp³-hybridized carbons (Fsp3) is 0.333. The van der Waals surface area contributed by atoms with Crippen LogP contribution >= 0.6 is 0 Å². The second-order valence-electron chi connectivity index (χ2n) is 4.72. The second kappa shape index (κ2) is 5.36. The summed E-state index contributed by atoms with van der Waals surface area (Å²) in [5.41, 5.74) is 3.05. The largest absolute Gasteiger partial charge is 0.317 e. The minimum Gasteiger partial charge on any atom is -0.317 e. The fourth-order valence-electron chi connectivity index (χ4n) is 2.03. The number of carbonyl (C=O) groups excluding carboxylic acids is 1. The third-order valence-corrected chi connectivity index (χ3v) is 3.05. The fourth-order valence-corrected chi connectivity index (χ4v) is 2.03. The van der Waals surface area contributed by atoms with E-state index in [2.05, 4.69) is 11.9 Å². The number of hydrogen-bond acceptors (Lipinski definition) is 2. The molecule has 1 amide bonds. The van der Waals surface area contributed by atoms with Crippen molar-refractivity contribution < 1.29 is 4.79 Å². The zero-order valence-electron chi connectivity index (χ0n) is 11.0. The lowest BCUT2D eigenvalue weighted by atomic mass is 10.0. The first-order chi connectivity index (χ1) is 8.61. The number of likely N-dealkylation sites (N-methyl/N-ethyl adjacent to an activating group) is 1. The van der Waals surface area contributed by atoms with E-state index in [1.165, 1.54) is 0 Å². The summed E-state index contributed by atoms with van der Waals surface area (Å²) in [5.74, 6) is 0.129. The summed E-state index contributed by atoms with van der Waals surface area (Å²) in [6.45, 7) is 7.61. The smallest absolute Gasteiger partial charge is 0.229 e. The Kier molecular flexibility index (Phi) is 3.82. The molecule has 0 unspecified atom stereocenters. The summed E-state index contributed by atoms with van der Waals surface area (Å²) in [7, 11) is 1.83. The van der Waals surface area contributed by atoms with Crippen LogP contribution in [0.25, 0.3) is 5.57 Å². The standard InChI is InChI=1S/C15H18N2O/c1-11(2)15(18)17(3)14-10-16-9-13(14)12-7-5-4-6-8-12/h4-8,11,16H,10H2,1-3H3. The Morgan fingerprint density at radius 1 is 1.33 bits per heavy atom. The van der Waals surface area contributed by atoms with Crippen LogP contribution in [0.15, 0.2) is 36.0 Å². The average Bonchev–Trinajstić information content (AvgIpc) is 2.87. The predicted molar refractivity (Wildman–Crippen MR) is 72.2 cm³/mol. The van der Waals surface area contributed by atoms with Gasteiger partial charge in [0.2, 0.25) is 5.91 Å². The summed E-state index contributed by atoms with van der Waals surface area (Å²) in [4.78, 5) is 13.8. The van der Waals surface area contributed by atoms with Crippen molar-refractivity contribution in [3.05, 3.63) is 48.1 Å². The highest BCUT2D eigenvalue weighted by Crippen LogP contribution is 2.26. The Labute approximate surface area is 108 Å². The molecule has 0 saturated heterocycles. The van der Waals surface area contributed by atoms with Gasteiger partial charge in [-0.05, 0) is 5.56 Å². The molecular weight excluding hydrogens is 224 g/mol. The lowest BCUT2D eigenvalue weighted by Gasteiger charge is -2.22. The molecule has 1 heterocycles. The first-order valence-corrected chi connectivity index (χ1v) is 6.16. The zero-order valence-corrected chi connectivity index (χ0v) is 11.0. The molecule has 0 aliphatic carbocycles. The molecule has 1 aromatic carbocycles. The van der Waals surface area contributed by atoms with Gasteiger partial charge in [0.25, 0.3) is 0 Å². The van der Waals surface area contributed by atoms with Crippen LogP contribution < -0.4 is 5.32 Å². The molecule has 3 heteroatoms. The van der Waals surface area contributed by atoms with Gasteiger partial charge in [0.15, 0.2) is 0 Å². The number of rotatable bonds is 3. The first-order valence-electron chi connectivity index (χ1n) is 6.16. The Morgan fingerprint density at radius 2 is 2.00 bits per heavy atom. The molecule has 1 aliphatic heterocycles. The van der Waals surface area contributed by atoms with E-state index < -0.39 is 0 Å². The van der Waals surface area contributed by atoms with Crippen molar-refractivity contribution in [2.45, 2.75) is 13.8 Å². The van der Waals surface area contributed by atoms with Gasteiger partial charge >= 0.3 is 0 Å². The molecule has 3 nitrogen and oxygen atoms in total. The van der Waals surface area contributed by atoms with Crippen LogP contribution in [0.3, 0.4) is 0 Å². The van der Waals surface area contributed by atoms with Gasteiger partial charge in [0, 0.05) is 30.8 Å². The van der Waals surface area contributed by atoms with Gasteiger partial charge in [-0.2, -0.15) is 0 Å². The van der Waals surface area contributed by atoms with Crippen molar-refractivity contribution >= 4 is 11.5 Å². The normalized spacial score (nSPS) is 15.3. The third-order valence-electron chi connectivity index (χ3n) is 3.05. The quantitative estimate of drug-likeness (QED) is 0.881. The maximum absolute atomic E-state index is 12.0. The highest BCUT2D eigenvalue weighted by molar-refractivity contribution is 5.85. The van der Waals surface area contributed by atoms with Crippen LogP contribution in [0.4, 0.5) is 0 Å². The number of amides is 1. The molecule has 0 fully saturated rings. The van der Waals surface area contributed by atoms with Gasteiger partial charge in [-0.3, -0.25) is 10.1 Å². The summed E-state index contributed by atoms with van der Waals surface area (Å²) >= 11 is 0. The molecule has 2 radical (unpaired) electrons. The van der Waals surface area contributed by atoms with E-state index in [1.54, 1.807) is 4.90 Å². The maximum Gasteiger partial charge on any atom is 0.229 e. The van der Waals surface area contributed by atoms with Crippen molar-refractivity contribution in [3.8, 4) is 0 Å². The Morgan fingerprint density at radius 3 is 2.61 bits per heavy atom.